The molecule has 25 heavy (non-hydrogen) atoms. The number of esters is 1. The van der Waals surface area contributed by atoms with E-state index in [1.807, 2.05) is 18.2 Å². The van der Waals surface area contributed by atoms with Gasteiger partial charge in [0, 0.05) is 24.8 Å². The number of benzene rings is 1. The summed E-state index contributed by atoms with van der Waals surface area (Å²) in [5.74, 6) is -5.11. The maximum absolute atomic E-state index is 14.1. The van der Waals surface area contributed by atoms with Crippen LogP contribution in [0.4, 0.5) is 13.6 Å². The number of hydrogen-bond acceptors (Lipinski definition) is 4. The summed E-state index contributed by atoms with van der Waals surface area (Å²) >= 11 is 0. The molecule has 1 amide bonds. The minimum Gasteiger partial charge on any atom is -0.464 e. The van der Waals surface area contributed by atoms with E-state index in [2.05, 4.69) is 0 Å². The van der Waals surface area contributed by atoms with Gasteiger partial charge in [0.05, 0.1) is 6.61 Å². The van der Waals surface area contributed by atoms with E-state index in [0.29, 0.717) is 0 Å². The van der Waals surface area contributed by atoms with Gasteiger partial charge in [-0.3, -0.25) is 4.90 Å². The fourth-order valence-electron chi connectivity index (χ4n) is 3.78. The van der Waals surface area contributed by atoms with Crippen LogP contribution in [0.25, 0.3) is 0 Å². The van der Waals surface area contributed by atoms with Crippen molar-refractivity contribution >= 4 is 12.1 Å². The number of alkyl halides is 2. The average Bonchev–Trinajstić information content (AvgIpc) is 3.12. The highest BCUT2D eigenvalue weighted by molar-refractivity contribution is 5.82. The Morgan fingerprint density at radius 2 is 1.96 bits per heavy atom. The van der Waals surface area contributed by atoms with Crippen molar-refractivity contribution in [2.45, 2.75) is 38.3 Å². The molecule has 7 heteroatoms. The summed E-state index contributed by atoms with van der Waals surface area (Å²) < 4.78 is 38.4. The van der Waals surface area contributed by atoms with Crippen LogP contribution in [0.3, 0.4) is 0 Å². The van der Waals surface area contributed by atoms with Crippen LogP contribution in [-0.2, 0) is 20.9 Å². The Bertz CT molecular complexity index is 637. The molecule has 136 valence electrons. The Hall–Kier alpha value is -2.18. The molecule has 1 aliphatic heterocycles. The molecule has 2 fully saturated rings. The summed E-state index contributed by atoms with van der Waals surface area (Å²) in [4.78, 5) is 25.8. The number of rotatable bonds is 4. The summed E-state index contributed by atoms with van der Waals surface area (Å²) in [5.41, 5.74) is 0.785. The standard InChI is InChI=1S/C18H21F2NO4/c1-2-24-16(22)15-13-8-9-18(19,20)14(13)10-21(15)17(23)25-11-12-6-4-3-5-7-12/h3-7,13-15H,2,8-11H2,1H3/t13-,14-,15?/m0/s1. The predicted molar refractivity (Wildman–Crippen MR) is 84.9 cm³/mol. The Kier molecular flexibility index (Phi) is 4.92. The third kappa shape index (κ3) is 3.45. The van der Waals surface area contributed by atoms with Gasteiger partial charge in [-0.25, -0.2) is 18.4 Å². The van der Waals surface area contributed by atoms with Gasteiger partial charge in [0.25, 0.3) is 5.92 Å². The van der Waals surface area contributed by atoms with Crippen molar-refractivity contribution in [2.75, 3.05) is 13.2 Å². The zero-order chi connectivity index (χ0) is 18.0. The minimum absolute atomic E-state index is 0.0252. The van der Waals surface area contributed by atoms with E-state index in [-0.39, 0.29) is 32.6 Å². The molecule has 0 radical (unpaired) electrons. The number of carbonyl (C=O) groups is 2. The highest BCUT2D eigenvalue weighted by Crippen LogP contribution is 2.51. The summed E-state index contributed by atoms with van der Waals surface area (Å²) in [6.07, 6.45) is -0.818. The Morgan fingerprint density at radius 1 is 1.24 bits per heavy atom. The first-order valence-electron chi connectivity index (χ1n) is 8.46. The van der Waals surface area contributed by atoms with E-state index in [1.165, 1.54) is 0 Å². The van der Waals surface area contributed by atoms with Crippen LogP contribution in [0.5, 0.6) is 0 Å². The van der Waals surface area contributed by atoms with Crippen LogP contribution in [0.1, 0.15) is 25.3 Å². The van der Waals surface area contributed by atoms with Gasteiger partial charge in [-0.2, -0.15) is 0 Å². The normalized spacial score (nSPS) is 27.0. The molecule has 0 aromatic heterocycles. The Labute approximate surface area is 144 Å². The topological polar surface area (TPSA) is 55.8 Å². The molecular formula is C18H21F2NO4. The highest BCUT2D eigenvalue weighted by atomic mass is 19.3. The van der Waals surface area contributed by atoms with Crippen molar-refractivity contribution in [3.05, 3.63) is 35.9 Å². The van der Waals surface area contributed by atoms with Crippen LogP contribution in [0, 0.1) is 11.8 Å². The van der Waals surface area contributed by atoms with Gasteiger partial charge in [-0.1, -0.05) is 30.3 Å². The van der Waals surface area contributed by atoms with E-state index < -0.39 is 35.9 Å². The molecule has 2 aliphatic rings. The van der Waals surface area contributed by atoms with Crippen molar-refractivity contribution in [2.24, 2.45) is 11.8 Å². The molecule has 1 aromatic rings. The van der Waals surface area contributed by atoms with Gasteiger partial charge < -0.3 is 9.47 Å². The van der Waals surface area contributed by atoms with Gasteiger partial charge >= 0.3 is 12.1 Å². The molecular weight excluding hydrogens is 332 g/mol. The zero-order valence-corrected chi connectivity index (χ0v) is 14.0. The van der Waals surface area contributed by atoms with Crippen molar-refractivity contribution in [1.29, 1.82) is 0 Å². The van der Waals surface area contributed by atoms with Gasteiger partial charge in [-0.15, -0.1) is 0 Å². The molecule has 0 N–H and O–H groups in total. The number of nitrogens with zero attached hydrogens (tertiary/aromatic N) is 1. The molecule has 1 unspecified atom stereocenters. The maximum Gasteiger partial charge on any atom is 0.410 e. The lowest BCUT2D eigenvalue weighted by atomic mass is 9.93. The second-order valence-electron chi connectivity index (χ2n) is 6.46. The molecule has 5 nitrogen and oxygen atoms in total. The number of halogens is 2. The van der Waals surface area contributed by atoms with E-state index >= 15 is 0 Å². The molecule has 3 rings (SSSR count). The molecule has 0 spiro atoms. The number of likely N-dealkylation sites (tertiary alicyclic amines) is 1. The van der Waals surface area contributed by atoms with Crippen molar-refractivity contribution in [1.82, 2.24) is 4.90 Å². The predicted octanol–water partition coefficient (Wildman–Crippen LogP) is 3.23. The highest BCUT2D eigenvalue weighted by Gasteiger charge is 2.61. The molecule has 1 saturated carbocycles. The van der Waals surface area contributed by atoms with E-state index in [9.17, 15) is 18.4 Å². The fourth-order valence-corrected chi connectivity index (χ4v) is 3.78. The molecule has 0 bridgehead atoms. The van der Waals surface area contributed by atoms with Crippen LogP contribution in [0.2, 0.25) is 0 Å². The van der Waals surface area contributed by atoms with Crippen LogP contribution in [0.15, 0.2) is 30.3 Å². The second-order valence-corrected chi connectivity index (χ2v) is 6.46. The molecule has 1 saturated heterocycles. The van der Waals surface area contributed by atoms with Crippen LogP contribution >= 0.6 is 0 Å². The lowest BCUT2D eigenvalue weighted by molar-refractivity contribution is -0.149. The van der Waals surface area contributed by atoms with Gasteiger partial charge in [0.1, 0.15) is 12.6 Å². The molecule has 1 aliphatic carbocycles. The third-order valence-electron chi connectivity index (χ3n) is 4.97. The quantitative estimate of drug-likeness (QED) is 0.780. The smallest absolute Gasteiger partial charge is 0.410 e. The Balaban J connectivity index is 1.73. The molecule has 1 heterocycles. The number of ether oxygens (including phenoxy) is 2. The first kappa shape index (κ1) is 17.6. The number of amides is 1. The summed E-state index contributed by atoms with van der Waals surface area (Å²) in [5, 5.41) is 0. The summed E-state index contributed by atoms with van der Waals surface area (Å²) in [6.45, 7) is 1.62. The van der Waals surface area contributed by atoms with Gasteiger partial charge in [-0.05, 0) is 18.9 Å². The van der Waals surface area contributed by atoms with E-state index in [0.717, 1.165) is 10.5 Å². The number of carbonyl (C=O) groups excluding carboxylic acids is 2. The lowest BCUT2D eigenvalue weighted by Crippen LogP contribution is -2.44. The SMILES string of the molecule is CCOC(=O)C1[C@H]2CCC(F)(F)[C@H]2CN1C(=O)OCc1ccccc1. The maximum atomic E-state index is 14.1. The van der Waals surface area contributed by atoms with E-state index in [4.69, 9.17) is 9.47 Å². The molecule has 1 aromatic carbocycles. The van der Waals surface area contributed by atoms with E-state index in [1.54, 1.807) is 19.1 Å². The zero-order valence-electron chi connectivity index (χ0n) is 14.0. The van der Waals surface area contributed by atoms with Crippen molar-refractivity contribution in [3.8, 4) is 0 Å². The average molecular weight is 353 g/mol. The first-order chi connectivity index (χ1) is 11.9. The Morgan fingerprint density at radius 3 is 2.64 bits per heavy atom. The van der Waals surface area contributed by atoms with Crippen molar-refractivity contribution < 1.29 is 27.8 Å². The summed E-state index contributed by atoms with van der Waals surface area (Å²) in [7, 11) is 0. The van der Waals surface area contributed by atoms with Crippen LogP contribution in [-0.4, -0.2) is 42.1 Å². The first-order valence-corrected chi connectivity index (χ1v) is 8.46. The monoisotopic (exact) mass is 353 g/mol. The lowest BCUT2D eigenvalue weighted by Gasteiger charge is -2.25. The largest absolute Gasteiger partial charge is 0.464 e. The minimum atomic E-state index is -2.87. The molecule has 3 atom stereocenters. The van der Waals surface area contributed by atoms with Gasteiger partial charge in [0.2, 0.25) is 0 Å². The number of fused-ring (bicyclic) bond motifs is 1. The third-order valence-corrected chi connectivity index (χ3v) is 4.97. The fraction of sp³-hybridized carbons (Fsp3) is 0.556. The van der Waals surface area contributed by atoms with Gasteiger partial charge in [0.15, 0.2) is 0 Å². The number of hydrogen-bond donors (Lipinski definition) is 0. The summed E-state index contributed by atoms with van der Waals surface area (Å²) in [6, 6.07) is 8.05. The van der Waals surface area contributed by atoms with Crippen molar-refractivity contribution in [3.63, 3.8) is 0 Å². The van der Waals surface area contributed by atoms with Crippen LogP contribution < -0.4 is 0 Å². The second kappa shape index (κ2) is 6.98.